The average molecular weight is 285 g/mol. The highest BCUT2D eigenvalue weighted by Gasteiger charge is 2.21. The molecule has 112 valence electrons. The highest BCUT2D eigenvalue weighted by atomic mass is 16.5. The minimum absolute atomic E-state index is 0.493. The predicted molar refractivity (Wildman–Crippen MR) is 85.5 cm³/mol. The molecule has 0 saturated heterocycles. The van der Waals surface area contributed by atoms with Crippen molar-refractivity contribution < 1.29 is 9.84 Å². The van der Waals surface area contributed by atoms with Gasteiger partial charge in [0, 0.05) is 13.1 Å². The van der Waals surface area contributed by atoms with Gasteiger partial charge in [0.1, 0.15) is 5.75 Å². The SMILES string of the molecule is COc1cc(CNCC(C)(O)c2ccccc2)ccc1C. The first-order chi connectivity index (χ1) is 10.0. The van der Waals surface area contributed by atoms with Gasteiger partial charge in [0.05, 0.1) is 12.7 Å². The molecule has 0 amide bonds. The number of aliphatic hydroxyl groups is 1. The topological polar surface area (TPSA) is 41.5 Å². The molecule has 2 aromatic rings. The number of ether oxygens (including phenoxy) is 1. The van der Waals surface area contributed by atoms with E-state index in [0.717, 1.165) is 22.4 Å². The van der Waals surface area contributed by atoms with Crippen molar-refractivity contribution in [3.8, 4) is 5.75 Å². The van der Waals surface area contributed by atoms with Crippen LogP contribution in [0.1, 0.15) is 23.6 Å². The fraction of sp³-hybridized carbons (Fsp3) is 0.333. The van der Waals surface area contributed by atoms with Crippen molar-refractivity contribution in [2.24, 2.45) is 0 Å². The van der Waals surface area contributed by atoms with Crippen molar-refractivity contribution in [1.29, 1.82) is 0 Å². The first-order valence-corrected chi connectivity index (χ1v) is 7.15. The number of hydrogen-bond donors (Lipinski definition) is 2. The van der Waals surface area contributed by atoms with Crippen LogP contribution in [0.4, 0.5) is 0 Å². The van der Waals surface area contributed by atoms with Gasteiger partial charge >= 0.3 is 0 Å². The molecule has 0 fully saturated rings. The number of nitrogens with one attached hydrogen (secondary N) is 1. The molecule has 0 radical (unpaired) electrons. The number of aryl methyl sites for hydroxylation is 1. The Morgan fingerprint density at radius 3 is 2.52 bits per heavy atom. The van der Waals surface area contributed by atoms with Gasteiger partial charge in [-0.15, -0.1) is 0 Å². The van der Waals surface area contributed by atoms with Gasteiger partial charge in [-0.25, -0.2) is 0 Å². The summed E-state index contributed by atoms with van der Waals surface area (Å²) in [6, 6.07) is 15.9. The minimum atomic E-state index is -0.879. The highest BCUT2D eigenvalue weighted by Crippen LogP contribution is 2.21. The van der Waals surface area contributed by atoms with E-state index in [-0.39, 0.29) is 0 Å². The van der Waals surface area contributed by atoms with Gasteiger partial charge in [0.15, 0.2) is 0 Å². The van der Waals surface area contributed by atoms with Gasteiger partial charge in [-0.05, 0) is 36.6 Å². The van der Waals surface area contributed by atoms with Crippen molar-refractivity contribution in [1.82, 2.24) is 5.32 Å². The zero-order valence-corrected chi connectivity index (χ0v) is 12.9. The van der Waals surface area contributed by atoms with Crippen LogP contribution in [0, 0.1) is 6.92 Å². The maximum absolute atomic E-state index is 10.5. The van der Waals surface area contributed by atoms with Crippen molar-refractivity contribution in [3.05, 3.63) is 65.2 Å². The number of methoxy groups -OCH3 is 1. The molecular formula is C18H23NO2. The van der Waals surface area contributed by atoms with Crippen LogP contribution in [0.5, 0.6) is 5.75 Å². The van der Waals surface area contributed by atoms with Gasteiger partial charge in [-0.1, -0.05) is 42.5 Å². The van der Waals surface area contributed by atoms with Crippen LogP contribution in [0.3, 0.4) is 0 Å². The second kappa shape index (κ2) is 6.74. The first kappa shape index (κ1) is 15.5. The molecule has 21 heavy (non-hydrogen) atoms. The predicted octanol–water partition coefficient (Wildman–Crippen LogP) is 3.00. The van der Waals surface area contributed by atoms with E-state index < -0.39 is 5.60 Å². The summed E-state index contributed by atoms with van der Waals surface area (Å²) < 4.78 is 5.33. The van der Waals surface area contributed by atoms with Crippen LogP contribution in [-0.2, 0) is 12.1 Å². The second-order valence-corrected chi connectivity index (χ2v) is 5.55. The fourth-order valence-corrected chi connectivity index (χ4v) is 2.32. The summed E-state index contributed by atoms with van der Waals surface area (Å²) in [6.07, 6.45) is 0. The molecule has 1 atom stereocenters. The highest BCUT2D eigenvalue weighted by molar-refractivity contribution is 5.36. The van der Waals surface area contributed by atoms with Crippen molar-refractivity contribution in [2.45, 2.75) is 26.0 Å². The molecule has 0 aliphatic heterocycles. The van der Waals surface area contributed by atoms with Crippen LogP contribution >= 0.6 is 0 Å². The standard InChI is InChI=1S/C18H23NO2/c1-14-9-10-15(11-17(14)21-3)12-19-13-18(2,20)16-7-5-4-6-8-16/h4-11,19-20H,12-13H2,1-3H3. The Kier molecular flexibility index (Phi) is 4.99. The molecule has 3 heteroatoms. The molecular weight excluding hydrogens is 262 g/mol. The number of benzene rings is 2. The lowest BCUT2D eigenvalue weighted by molar-refractivity contribution is 0.0567. The van der Waals surface area contributed by atoms with Gasteiger partial charge in [-0.3, -0.25) is 0 Å². The van der Waals surface area contributed by atoms with Crippen LogP contribution in [0.2, 0.25) is 0 Å². The van der Waals surface area contributed by atoms with E-state index in [9.17, 15) is 5.11 Å². The minimum Gasteiger partial charge on any atom is -0.496 e. The molecule has 0 aromatic heterocycles. The Bertz CT molecular complexity index is 579. The average Bonchev–Trinajstić information content (AvgIpc) is 2.49. The third-order valence-electron chi connectivity index (χ3n) is 3.67. The van der Waals surface area contributed by atoms with E-state index in [2.05, 4.69) is 11.4 Å². The molecule has 0 bridgehead atoms. The molecule has 1 unspecified atom stereocenters. The summed E-state index contributed by atoms with van der Waals surface area (Å²) in [6.45, 7) is 5.04. The van der Waals surface area contributed by atoms with Crippen LogP contribution < -0.4 is 10.1 Å². The lowest BCUT2D eigenvalue weighted by Crippen LogP contribution is -2.35. The summed E-state index contributed by atoms with van der Waals surface area (Å²) in [7, 11) is 1.68. The Labute approximate surface area is 126 Å². The van der Waals surface area contributed by atoms with E-state index in [1.54, 1.807) is 7.11 Å². The van der Waals surface area contributed by atoms with Crippen molar-refractivity contribution >= 4 is 0 Å². The Balaban J connectivity index is 1.95. The van der Waals surface area contributed by atoms with Gasteiger partial charge < -0.3 is 15.2 Å². The van der Waals surface area contributed by atoms with Crippen LogP contribution in [0.25, 0.3) is 0 Å². The van der Waals surface area contributed by atoms with E-state index in [1.165, 1.54) is 0 Å². The monoisotopic (exact) mass is 285 g/mol. The third-order valence-corrected chi connectivity index (χ3v) is 3.67. The molecule has 2 rings (SSSR count). The zero-order valence-electron chi connectivity index (χ0n) is 12.9. The lowest BCUT2D eigenvalue weighted by atomic mass is 9.96. The summed E-state index contributed by atoms with van der Waals surface area (Å²) in [4.78, 5) is 0. The third kappa shape index (κ3) is 4.06. The first-order valence-electron chi connectivity index (χ1n) is 7.15. The van der Waals surface area contributed by atoms with E-state index in [0.29, 0.717) is 13.1 Å². The summed E-state index contributed by atoms with van der Waals surface area (Å²) >= 11 is 0. The molecule has 2 N–H and O–H groups in total. The Morgan fingerprint density at radius 2 is 1.86 bits per heavy atom. The summed E-state index contributed by atoms with van der Waals surface area (Å²) in [5, 5.41) is 13.8. The summed E-state index contributed by atoms with van der Waals surface area (Å²) in [5.41, 5.74) is 2.30. The van der Waals surface area contributed by atoms with Crippen molar-refractivity contribution in [3.63, 3.8) is 0 Å². The maximum Gasteiger partial charge on any atom is 0.122 e. The van der Waals surface area contributed by atoms with Crippen LogP contribution in [-0.4, -0.2) is 18.8 Å². The Morgan fingerprint density at radius 1 is 1.14 bits per heavy atom. The van der Waals surface area contributed by atoms with E-state index in [1.807, 2.05) is 56.3 Å². The Hall–Kier alpha value is -1.84. The lowest BCUT2D eigenvalue weighted by Gasteiger charge is -2.24. The number of rotatable bonds is 6. The molecule has 0 heterocycles. The number of hydrogen-bond acceptors (Lipinski definition) is 3. The van der Waals surface area contributed by atoms with Gasteiger partial charge in [-0.2, -0.15) is 0 Å². The normalized spacial score (nSPS) is 13.7. The smallest absolute Gasteiger partial charge is 0.122 e. The van der Waals surface area contributed by atoms with E-state index >= 15 is 0 Å². The molecule has 0 aliphatic carbocycles. The van der Waals surface area contributed by atoms with Crippen molar-refractivity contribution in [2.75, 3.05) is 13.7 Å². The molecule has 0 spiro atoms. The second-order valence-electron chi connectivity index (χ2n) is 5.55. The largest absolute Gasteiger partial charge is 0.496 e. The molecule has 0 saturated carbocycles. The quantitative estimate of drug-likeness (QED) is 0.857. The van der Waals surface area contributed by atoms with Gasteiger partial charge in [0.2, 0.25) is 0 Å². The fourth-order valence-electron chi connectivity index (χ4n) is 2.32. The van der Waals surface area contributed by atoms with Gasteiger partial charge in [0.25, 0.3) is 0 Å². The van der Waals surface area contributed by atoms with Crippen LogP contribution in [0.15, 0.2) is 48.5 Å². The maximum atomic E-state index is 10.5. The molecule has 2 aromatic carbocycles. The van der Waals surface area contributed by atoms with E-state index in [4.69, 9.17) is 4.74 Å². The molecule has 3 nitrogen and oxygen atoms in total. The molecule has 0 aliphatic rings. The summed E-state index contributed by atoms with van der Waals surface area (Å²) in [5.74, 6) is 0.893. The zero-order chi connectivity index (χ0) is 15.3.